The number of H-pyrrole nitrogens is 1. The van der Waals surface area contributed by atoms with Crippen molar-refractivity contribution in [2.45, 2.75) is 6.92 Å². The van der Waals surface area contributed by atoms with Gasteiger partial charge >= 0.3 is 0 Å². The monoisotopic (exact) mass is 361 g/mol. The summed E-state index contributed by atoms with van der Waals surface area (Å²) in [6.45, 7) is 2.44. The van der Waals surface area contributed by atoms with Crippen LogP contribution in [0.2, 0.25) is 0 Å². The van der Waals surface area contributed by atoms with E-state index in [9.17, 15) is 0 Å². The maximum Gasteiger partial charge on any atom is 0.162 e. The fraction of sp³-hybridized carbons (Fsp3) is 0.150. The van der Waals surface area contributed by atoms with Crippen molar-refractivity contribution >= 4 is 11.0 Å². The number of fused-ring (bicyclic) bond motifs is 1. The summed E-state index contributed by atoms with van der Waals surface area (Å²) in [4.78, 5) is 12.0. The highest BCUT2D eigenvalue weighted by Crippen LogP contribution is 2.32. The predicted octanol–water partition coefficient (Wildman–Crippen LogP) is 3.77. The molecule has 2 aromatic heterocycles. The van der Waals surface area contributed by atoms with E-state index in [0.717, 1.165) is 28.1 Å². The minimum atomic E-state index is 0.484. The molecule has 4 rings (SSSR count). The lowest BCUT2D eigenvalue weighted by molar-refractivity contribution is 0.326. The third-order valence-electron chi connectivity index (χ3n) is 4.16. The van der Waals surface area contributed by atoms with Crippen molar-refractivity contribution in [1.29, 1.82) is 0 Å². The van der Waals surface area contributed by atoms with Gasteiger partial charge in [0.1, 0.15) is 25.1 Å². The zero-order valence-corrected chi connectivity index (χ0v) is 15.1. The van der Waals surface area contributed by atoms with Crippen LogP contribution in [0.3, 0.4) is 0 Å². The lowest BCUT2D eigenvalue weighted by Crippen LogP contribution is -1.97. The number of methoxy groups -OCH3 is 1. The van der Waals surface area contributed by atoms with Gasteiger partial charge in [0, 0.05) is 5.56 Å². The topological polar surface area (TPSA) is 77.9 Å². The molecule has 0 saturated heterocycles. The molecule has 1 N–H and O–H groups in total. The van der Waals surface area contributed by atoms with E-state index >= 15 is 0 Å². The molecule has 0 bridgehead atoms. The van der Waals surface area contributed by atoms with Crippen LogP contribution in [0.5, 0.6) is 11.5 Å². The molecule has 7 heteroatoms. The fourth-order valence-electron chi connectivity index (χ4n) is 2.79. The van der Waals surface area contributed by atoms with E-state index in [-0.39, 0.29) is 0 Å². The van der Waals surface area contributed by atoms with Crippen LogP contribution < -0.4 is 9.47 Å². The number of aromatic amines is 1. The van der Waals surface area contributed by atoms with Crippen LogP contribution in [0.25, 0.3) is 28.1 Å². The third-order valence-corrected chi connectivity index (χ3v) is 4.16. The van der Waals surface area contributed by atoms with E-state index in [4.69, 9.17) is 9.47 Å². The van der Waals surface area contributed by atoms with E-state index in [0.29, 0.717) is 18.1 Å². The average Bonchev–Trinajstić information content (AvgIpc) is 3.37. The Morgan fingerprint density at radius 1 is 1.15 bits per heavy atom. The molecule has 0 saturated carbocycles. The van der Waals surface area contributed by atoms with Crippen LogP contribution in [0.4, 0.5) is 0 Å². The van der Waals surface area contributed by atoms with Gasteiger partial charge in [-0.1, -0.05) is 12.2 Å². The summed E-state index contributed by atoms with van der Waals surface area (Å²) in [6, 6.07) is 11.7. The number of rotatable bonds is 6. The minimum Gasteiger partial charge on any atom is -0.493 e. The maximum atomic E-state index is 5.80. The number of nitrogens with zero attached hydrogens (tertiary/aromatic N) is 4. The van der Waals surface area contributed by atoms with Crippen molar-refractivity contribution < 1.29 is 9.47 Å². The van der Waals surface area contributed by atoms with Gasteiger partial charge in [-0.05, 0) is 43.3 Å². The lowest BCUT2D eigenvalue weighted by Gasteiger charge is -2.10. The highest BCUT2D eigenvalue weighted by atomic mass is 16.5. The highest BCUT2D eigenvalue weighted by Gasteiger charge is 2.11. The smallest absolute Gasteiger partial charge is 0.162 e. The first-order chi connectivity index (χ1) is 13.3. The van der Waals surface area contributed by atoms with Crippen molar-refractivity contribution in [1.82, 2.24) is 24.7 Å². The lowest BCUT2D eigenvalue weighted by atomic mass is 10.2. The van der Waals surface area contributed by atoms with Gasteiger partial charge in [0.2, 0.25) is 0 Å². The summed E-state index contributed by atoms with van der Waals surface area (Å²) < 4.78 is 12.9. The summed E-state index contributed by atoms with van der Waals surface area (Å²) in [5, 5.41) is 4.16. The van der Waals surface area contributed by atoms with E-state index in [2.05, 4.69) is 20.1 Å². The van der Waals surface area contributed by atoms with Gasteiger partial charge in [-0.25, -0.2) is 14.6 Å². The van der Waals surface area contributed by atoms with Crippen LogP contribution in [0.1, 0.15) is 6.92 Å². The molecule has 0 aliphatic rings. The van der Waals surface area contributed by atoms with Gasteiger partial charge in [0.25, 0.3) is 0 Å². The van der Waals surface area contributed by atoms with Crippen molar-refractivity contribution in [3.8, 4) is 28.6 Å². The van der Waals surface area contributed by atoms with Gasteiger partial charge < -0.3 is 14.5 Å². The SMILES string of the molecule is CC=CCOc1cc(-c2nc3ccc(-n4cncn4)cc3[nH]2)ccc1OC. The number of imidazole rings is 1. The number of ether oxygens (including phenoxy) is 2. The van der Waals surface area contributed by atoms with Crippen molar-refractivity contribution in [3.05, 3.63) is 61.2 Å². The van der Waals surface area contributed by atoms with E-state index in [1.807, 2.05) is 55.5 Å². The van der Waals surface area contributed by atoms with Crippen LogP contribution in [-0.4, -0.2) is 38.4 Å². The summed E-state index contributed by atoms with van der Waals surface area (Å²) in [7, 11) is 1.63. The Balaban J connectivity index is 1.70. The Labute approximate surface area is 156 Å². The molecule has 0 radical (unpaired) electrons. The van der Waals surface area contributed by atoms with Gasteiger partial charge in [0.15, 0.2) is 11.5 Å². The molecule has 2 aromatic carbocycles. The van der Waals surface area contributed by atoms with Crippen LogP contribution in [0, 0.1) is 0 Å². The Morgan fingerprint density at radius 2 is 2.07 bits per heavy atom. The second-order valence-corrected chi connectivity index (χ2v) is 5.87. The van der Waals surface area contributed by atoms with Crippen molar-refractivity contribution in [2.75, 3.05) is 13.7 Å². The molecule has 0 amide bonds. The zero-order valence-electron chi connectivity index (χ0n) is 15.1. The molecule has 136 valence electrons. The van der Waals surface area contributed by atoms with E-state index in [1.54, 1.807) is 18.1 Å². The molecular formula is C20H19N5O2. The Morgan fingerprint density at radius 3 is 2.85 bits per heavy atom. The second-order valence-electron chi connectivity index (χ2n) is 5.87. The second kappa shape index (κ2) is 7.33. The fourth-order valence-corrected chi connectivity index (χ4v) is 2.79. The number of hydrogen-bond donors (Lipinski definition) is 1. The third kappa shape index (κ3) is 3.39. The summed E-state index contributed by atoms with van der Waals surface area (Å²) >= 11 is 0. The Bertz CT molecular complexity index is 1080. The standard InChI is InChI=1S/C20H19N5O2/c1-3-4-9-27-19-10-14(5-8-18(19)26-2)20-23-16-7-6-15(11-17(16)24-20)25-13-21-12-22-25/h3-8,10-13H,9H2,1-2H3,(H,23,24). The molecular weight excluding hydrogens is 342 g/mol. The van der Waals surface area contributed by atoms with E-state index < -0.39 is 0 Å². The summed E-state index contributed by atoms with van der Waals surface area (Å²) in [5.41, 5.74) is 3.64. The molecule has 0 fully saturated rings. The van der Waals surface area contributed by atoms with Crippen LogP contribution in [-0.2, 0) is 0 Å². The first-order valence-electron chi connectivity index (χ1n) is 8.55. The Hall–Kier alpha value is -3.61. The summed E-state index contributed by atoms with van der Waals surface area (Å²) in [5.74, 6) is 2.13. The van der Waals surface area contributed by atoms with Gasteiger partial charge in [0.05, 0.1) is 23.8 Å². The summed E-state index contributed by atoms with van der Waals surface area (Å²) in [6.07, 6.45) is 7.06. The molecule has 0 aliphatic heterocycles. The molecule has 0 atom stereocenters. The average molecular weight is 361 g/mol. The molecule has 7 nitrogen and oxygen atoms in total. The number of hydrogen-bond acceptors (Lipinski definition) is 5. The number of nitrogens with one attached hydrogen (secondary N) is 1. The first kappa shape index (κ1) is 16.8. The van der Waals surface area contributed by atoms with Crippen LogP contribution in [0.15, 0.2) is 61.2 Å². The highest BCUT2D eigenvalue weighted by molar-refractivity contribution is 5.81. The predicted molar refractivity (Wildman–Crippen MR) is 103 cm³/mol. The number of benzene rings is 2. The number of allylic oxidation sites excluding steroid dienone is 1. The quantitative estimate of drug-likeness (QED) is 0.529. The Kier molecular flexibility index (Phi) is 4.57. The maximum absolute atomic E-state index is 5.80. The first-order valence-corrected chi connectivity index (χ1v) is 8.55. The van der Waals surface area contributed by atoms with Crippen LogP contribution >= 0.6 is 0 Å². The van der Waals surface area contributed by atoms with Gasteiger partial charge in [-0.3, -0.25) is 0 Å². The molecule has 0 aliphatic carbocycles. The van der Waals surface area contributed by atoms with Crippen molar-refractivity contribution in [2.24, 2.45) is 0 Å². The van der Waals surface area contributed by atoms with Crippen molar-refractivity contribution in [3.63, 3.8) is 0 Å². The molecule has 2 heterocycles. The van der Waals surface area contributed by atoms with Gasteiger partial charge in [-0.2, -0.15) is 5.10 Å². The zero-order chi connectivity index (χ0) is 18.6. The molecule has 4 aromatic rings. The molecule has 0 spiro atoms. The number of aromatic nitrogens is 5. The minimum absolute atomic E-state index is 0.484. The van der Waals surface area contributed by atoms with Gasteiger partial charge in [-0.15, -0.1) is 0 Å². The molecule has 27 heavy (non-hydrogen) atoms. The normalized spacial score (nSPS) is 11.3. The van der Waals surface area contributed by atoms with E-state index in [1.165, 1.54) is 6.33 Å². The molecule has 0 unspecified atom stereocenters. The largest absolute Gasteiger partial charge is 0.493 e.